The first-order valence-corrected chi connectivity index (χ1v) is 2.25. The number of hydrogen-bond acceptors (Lipinski definition) is 1. The van der Waals surface area contributed by atoms with Gasteiger partial charge in [-0.2, -0.15) is 0 Å². The Balaban J connectivity index is 0. The van der Waals surface area contributed by atoms with E-state index in [-0.39, 0.29) is 7.33 Å². The van der Waals surface area contributed by atoms with Gasteiger partial charge in [-0.3, -0.25) is 4.79 Å². The second-order valence-electron chi connectivity index (χ2n) is 1.47. The number of rotatable bonds is 2. The molecule has 0 aliphatic carbocycles. The summed E-state index contributed by atoms with van der Waals surface area (Å²) in [6.07, 6.45) is 1.20. The van der Waals surface area contributed by atoms with Crippen molar-refractivity contribution >= 4 is 5.91 Å². The van der Waals surface area contributed by atoms with Gasteiger partial charge in [0, 0.05) is 7.12 Å². The van der Waals surface area contributed by atoms with E-state index in [0.717, 1.165) is 0 Å². The zero-order valence-electron chi connectivity index (χ0n) is 4.90. The van der Waals surface area contributed by atoms with Gasteiger partial charge in [-0.1, -0.05) is 13.2 Å². The van der Waals surface area contributed by atoms with Crippen molar-refractivity contribution in [2.75, 3.05) is 0 Å². The van der Waals surface area contributed by atoms with Gasteiger partial charge < -0.3 is 5.32 Å². The molecule has 0 aliphatic rings. The average molecular weight is 113 g/mol. The predicted octanol–water partition coefficient (Wildman–Crippen LogP) is 1.07. The van der Waals surface area contributed by atoms with E-state index in [1.807, 2.05) is 0 Å². The summed E-state index contributed by atoms with van der Waals surface area (Å²) in [5, 5.41) is 2.44. The number of allylic oxidation sites excluding steroid dienone is 1. The van der Waals surface area contributed by atoms with E-state index in [0.29, 0.717) is 5.70 Å². The second-order valence-corrected chi connectivity index (χ2v) is 1.47. The molecule has 0 aromatic heterocycles. The second kappa shape index (κ2) is 3.02. The number of carbonyl (C=O) groups is 1. The SMILES string of the molecule is C=CC(=O)NC(=C)C.[HH]. The van der Waals surface area contributed by atoms with Crippen LogP contribution >= 0.6 is 0 Å². The maximum atomic E-state index is 10.3. The normalized spacial score (nSPS) is 7.62. The third-order valence-corrected chi connectivity index (χ3v) is 0.522. The van der Waals surface area contributed by atoms with Crippen LogP contribution in [-0.4, -0.2) is 5.91 Å². The minimum Gasteiger partial charge on any atom is -0.327 e. The third-order valence-electron chi connectivity index (χ3n) is 0.522. The van der Waals surface area contributed by atoms with E-state index in [1.165, 1.54) is 6.08 Å². The molecular formula is C6H11NO. The van der Waals surface area contributed by atoms with E-state index in [9.17, 15) is 4.79 Å². The fourth-order valence-electron chi connectivity index (χ4n) is 0.261. The van der Waals surface area contributed by atoms with Crippen molar-refractivity contribution in [1.82, 2.24) is 5.32 Å². The predicted molar refractivity (Wildman–Crippen MR) is 35.3 cm³/mol. The van der Waals surface area contributed by atoms with E-state index in [2.05, 4.69) is 18.5 Å². The molecule has 0 atom stereocenters. The van der Waals surface area contributed by atoms with Gasteiger partial charge in [-0.25, -0.2) is 0 Å². The Labute approximate surface area is 50.4 Å². The van der Waals surface area contributed by atoms with Crippen molar-refractivity contribution in [1.29, 1.82) is 0 Å². The molecule has 0 rings (SSSR count). The lowest BCUT2D eigenvalue weighted by Gasteiger charge is -1.95. The lowest BCUT2D eigenvalue weighted by molar-refractivity contribution is -0.115. The van der Waals surface area contributed by atoms with Crippen molar-refractivity contribution in [3.63, 3.8) is 0 Å². The summed E-state index contributed by atoms with van der Waals surface area (Å²) in [7, 11) is 0. The summed E-state index contributed by atoms with van der Waals surface area (Å²) in [6, 6.07) is 0. The van der Waals surface area contributed by atoms with Gasteiger partial charge in [0.2, 0.25) is 5.91 Å². The van der Waals surface area contributed by atoms with Crippen LogP contribution in [0, 0.1) is 0 Å². The molecule has 0 radical (unpaired) electrons. The van der Waals surface area contributed by atoms with Crippen molar-refractivity contribution in [2.45, 2.75) is 6.92 Å². The third kappa shape index (κ3) is 3.15. The van der Waals surface area contributed by atoms with Gasteiger partial charge >= 0.3 is 0 Å². The Hall–Kier alpha value is -1.05. The van der Waals surface area contributed by atoms with Crippen LogP contribution in [0.2, 0.25) is 0 Å². The van der Waals surface area contributed by atoms with Gasteiger partial charge in [-0.05, 0) is 13.0 Å². The summed E-state index contributed by atoms with van der Waals surface area (Å²) < 4.78 is 0. The fourth-order valence-corrected chi connectivity index (χ4v) is 0.261. The molecule has 2 heteroatoms. The molecule has 0 saturated carbocycles. The van der Waals surface area contributed by atoms with Crippen LogP contribution in [0.15, 0.2) is 24.9 Å². The molecule has 0 aromatic carbocycles. The zero-order valence-corrected chi connectivity index (χ0v) is 4.90. The molecule has 0 unspecified atom stereocenters. The molecule has 8 heavy (non-hydrogen) atoms. The topological polar surface area (TPSA) is 29.1 Å². The molecular weight excluding hydrogens is 102 g/mol. The molecule has 2 nitrogen and oxygen atoms in total. The van der Waals surface area contributed by atoms with Crippen molar-refractivity contribution in [2.24, 2.45) is 0 Å². The summed E-state index contributed by atoms with van der Waals surface area (Å²) in [6.45, 7) is 8.43. The molecule has 0 spiro atoms. The van der Waals surface area contributed by atoms with Crippen LogP contribution < -0.4 is 5.32 Å². The highest BCUT2D eigenvalue weighted by Crippen LogP contribution is 1.77. The Morgan fingerprint density at radius 3 is 2.50 bits per heavy atom. The van der Waals surface area contributed by atoms with Crippen LogP contribution in [0.3, 0.4) is 0 Å². The molecule has 0 aromatic rings. The molecule has 0 fully saturated rings. The number of hydrogen-bond donors (Lipinski definition) is 1. The van der Waals surface area contributed by atoms with E-state index >= 15 is 0 Å². The van der Waals surface area contributed by atoms with Crippen LogP contribution in [0.1, 0.15) is 8.35 Å². The van der Waals surface area contributed by atoms with E-state index < -0.39 is 0 Å². The monoisotopic (exact) mass is 113 g/mol. The minimum absolute atomic E-state index is 0. The van der Waals surface area contributed by atoms with Crippen LogP contribution in [-0.2, 0) is 4.79 Å². The van der Waals surface area contributed by atoms with Crippen molar-refractivity contribution in [3.05, 3.63) is 24.9 Å². The molecule has 0 saturated heterocycles. The van der Waals surface area contributed by atoms with Gasteiger partial charge in [-0.15, -0.1) is 0 Å². The first-order valence-electron chi connectivity index (χ1n) is 2.25. The fraction of sp³-hybridized carbons (Fsp3) is 0.167. The van der Waals surface area contributed by atoms with Gasteiger partial charge in [0.1, 0.15) is 0 Å². The zero-order chi connectivity index (χ0) is 6.57. The highest BCUT2D eigenvalue weighted by Gasteiger charge is 1.88. The minimum atomic E-state index is -0.211. The van der Waals surface area contributed by atoms with Gasteiger partial charge in [0.25, 0.3) is 0 Å². The van der Waals surface area contributed by atoms with Crippen LogP contribution in [0.5, 0.6) is 0 Å². The number of nitrogens with one attached hydrogen (secondary N) is 1. The Kier molecular flexibility index (Phi) is 2.62. The molecule has 0 bridgehead atoms. The summed E-state index contributed by atoms with van der Waals surface area (Å²) in [4.78, 5) is 10.3. The lowest BCUT2D eigenvalue weighted by atomic mass is 10.5. The molecule has 1 N–H and O–H groups in total. The lowest BCUT2D eigenvalue weighted by Crippen LogP contribution is -2.17. The highest BCUT2D eigenvalue weighted by molar-refractivity contribution is 5.88. The van der Waals surface area contributed by atoms with Gasteiger partial charge in [0.15, 0.2) is 0 Å². The standard InChI is InChI=1S/C6H9NO.H2/c1-4-6(8)7-5(2)3;/h4H,1-2H2,3H3,(H,7,8);1H. The Bertz CT molecular complexity index is 131. The van der Waals surface area contributed by atoms with Gasteiger partial charge in [0.05, 0.1) is 0 Å². The van der Waals surface area contributed by atoms with Crippen molar-refractivity contribution in [3.8, 4) is 0 Å². The Morgan fingerprint density at radius 1 is 1.88 bits per heavy atom. The molecule has 0 aliphatic heterocycles. The van der Waals surface area contributed by atoms with E-state index in [1.54, 1.807) is 6.92 Å². The van der Waals surface area contributed by atoms with E-state index in [4.69, 9.17) is 0 Å². The number of amides is 1. The van der Waals surface area contributed by atoms with Crippen molar-refractivity contribution < 1.29 is 6.22 Å². The molecule has 0 heterocycles. The smallest absolute Gasteiger partial charge is 0.247 e. The molecule has 1 amide bonds. The Morgan fingerprint density at radius 2 is 2.38 bits per heavy atom. The maximum Gasteiger partial charge on any atom is 0.247 e. The largest absolute Gasteiger partial charge is 0.327 e. The van der Waals surface area contributed by atoms with Crippen LogP contribution in [0.25, 0.3) is 0 Å². The first-order chi connectivity index (χ1) is 3.66. The number of carbonyl (C=O) groups excluding carboxylic acids is 1. The maximum absolute atomic E-state index is 10.3. The summed E-state index contributed by atoms with van der Waals surface area (Å²) >= 11 is 0. The summed E-state index contributed by atoms with van der Waals surface area (Å²) in [5.74, 6) is -0.211. The first kappa shape index (κ1) is 6.95. The summed E-state index contributed by atoms with van der Waals surface area (Å²) in [5.41, 5.74) is 0.634. The quantitative estimate of drug-likeness (QED) is 0.533. The highest BCUT2D eigenvalue weighted by atomic mass is 16.1. The molecule has 46 valence electrons. The van der Waals surface area contributed by atoms with Crippen LogP contribution in [0.4, 0.5) is 0 Å². The average Bonchev–Trinajstić information content (AvgIpc) is 1.65.